The molecule has 0 amide bonds. The summed E-state index contributed by atoms with van der Waals surface area (Å²) in [4.78, 5) is 15.0. The Bertz CT molecular complexity index is 1100. The first-order chi connectivity index (χ1) is 12.4. The molecule has 0 unspecified atom stereocenters. The molecule has 0 atom stereocenters. The normalized spacial score (nSPS) is 14.9. The van der Waals surface area contributed by atoms with Gasteiger partial charge in [-0.3, -0.25) is 4.98 Å². The van der Waals surface area contributed by atoms with Gasteiger partial charge >= 0.3 is 0 Å². The summed E-state index contributed by atoms with van der Waals surface area (Å²) in [5.74, 6) is 0.500. The van der Waals surface area contributed by atoms with E-state index in [0.717, 1.165) is 31.3 Å². The monoisotopic (exact) mass is 389 g/mol. The fourth-order valence-electron chi connectivity index (χ4n) is 3.18. The van der Waals surface area contributed by atoms with Crippen molar-refractivity contribution in [2.75, 3.05) is 18.0 Å². The molecule has 1 aliphatic heterocycles. The summed E-state index contributed by atoms with van der Waals surface area (Å²) >= 11 is 6.37. The van der Waals surface area contributed by atoms with Crippen LogP contribution in [0.3, 0.4) is 0 Å². The van der Waals surface area contributed by atoms with Crippen molar-refractivity contribution in [1.82, 2.24) is 15.0 Å². The van der Waals surface area contributed by atoms with E-state index in [1.807, 2.05) is 17.0 Å². The molecule has 1 aliphatic rings. The van der Waals surface area contributed by atoms with Crippen LogP contribution in [0.2, 0.25) is 5.02 Å². The van der Waals surface area contributed by atoms with Crippen LogP contribution in [-0.2, 0) is 10.0 Å². The van der Waals surface area contributed by atoms with Gasteiger partial charge in [-0.15, -0.1) is 0 Å². The summed E-state index contributed by atoms with van der Waals surface area (Å²) in [5, 5.41) is 6.31. The quantitative estimate of drug-likeness (QED) is 0.738. The van der Waals surface area contributed by atoms with Crippen LogP contribution >= 0.6 is 11.6 Å². The highest BCUT2D eigenvalue weighted by Crippen LogP contribution is 2.36. The molecule has 1 saturated heterocycles. The number of aromatic nitrogens is 3. The maximum Gasteiger partial charge on any atom is 0.257 e. The second-order valence-electron chi connectivity index (χ2n) is 6.12. The van der Waals surface area contributed by atoms with Gasteiger partial charge < -0.3 is 4.90 Å². The van der Waals surface area contributed by atoms with E-state index in [0.29, 0.717) is 21.9 Å². The number of rotatable bonds is 3. The Morgan fingerprint density at radius 3 is 2.62 bits per heavy atom. The topological polar surface area (TPSA) is 102 Å². The minimum Gasteiger partial charge on any atom is -0.355 e. The van der Waals surface area contributed by atoms with Gasteiger partial charge in [0.15, 0.2) is 5.03 Å². The van der Waals surface area contributed by atoms with E-state index >= 15 is 0 Å². The van der Waals surface area contributed by atoms with Crippen molar-refractivity contribution >= 4 is 38.3 Å². The van der Waals surface area contributed by atoms with Crippen molar-refractivity contribution in [2.24, 2.45) is 5.14 Å². The largest absolute Gasteiger partial charge is 0.355 e. The molecule has 26 heavy (non-hydrogen) atoms. The van der Waals surface area contributed by atoms with E-state index in [4.69, 9.17) is 16.7 Å². The Labute approximate surface area is 155 Å². The minimum atomic E-state index is -4.11. The van der Waals surface area contributed by atoms with Gasteiger partial charge in [-0.05, 0) is 25.0 Å². The average molecular weight is 390 g/mol. The molecule has 3 aromatic rings. The van der Waals surface area contributed by atoms with Crippen LogP contribution in [0, 0.1) is 0 Å². The Kier molecular flexibility index (Phi) is 4.26. The van der Waals surface area contributed by atoms with E-state index in [9.17, 15) is 8.42 Å². The van der Waals surface area contributed by atoms with Crippen molar-refractivity contribution in [3.8, 4) is 11.3 Å². The summed E-state index contributed by atoms with van der Waals surface area (Å²) in [7, 11) is -4.11. The van der Waals surface area contributed by atoms with Gasteiger partial charge in [-0.25, -0.2) is 23.5 Å². The molecule has 0 spiro atoms. The molecule has 1 aromatic carbocycles. The van der Waals surface area contributed by atoms with E-state index < -0.39 is 10.0 Å². The first-order valence-corrected chi connectivity index (χ1v) is 10.1. The maximum atomic E-state index is 12.2. The Morgan fingerprint density at radius 1 is 1.12 bits per heavy atom. The van der Waals surface area contributed by atoms with E-state index in [1.165, 1.54) is 0 Å². The van der Waals surface area contributed by atoms with Gasteiger partial charge in [0, 0.05) is 30.2 Å². The smallest absolute Gasteiger partial charge is 0.257 e. The number of anilines is 1. The second kappa shape index (κ2) is 6.46. The molecule has 0 bridgehead atoms. The molecule has 4 rings (SSSR count). The van der Waals surface area contributed by atoms with Gasteiger partial charge in [0.2, 0.25) is 0 Å². The molecule has 0 aliphatic carbocycles. The van der Waals surface area contributed by atoms with Crippen molar-refractivity contribution in [3.63, 3.8) is 0 Å². The zero-order valence-corrected chi connectivity index (χ0v) is 15.3. The molecule has 0 radical (unpaired) electrons. The lowest BCUT2D eigenvalue weighted by molar-refractivity contribution is 0.593. The van der Waals surface area contributed by atoms with Crippen LogP contribution < -0.4 is 10.0 Å². The maximum absolute atomic E-state index is 12.2. The number of benzene rings is 1. The molecule has 134 valence electrons. The van der Waals surface area contributed by atoms with E-state index in [2.05, 4.69) is 15.0 Å². The number of fused-ring (bicyclic) bond motifs is 1. The van der Waals surface area contributed by atoms with Crippen molar-refractivity contribution in [1.29, 1.82) is 0 Å². The van der Waals surface area contributed by atoms with Gasteiger partial charge in [0.05, 0.1) is 16.7 Å². The minimum absolute atomic E-state index is 0.116. The third-order valence-electron chi connectivity index (χ3n) is 4.39. The Balaban J connectivity index is 1.99. The van der Waals surface area contributed by atoms with Gasteiger partial charge in [0.1, 0.15) is 11.5 Å². The number of hydrogen-bond donors (Lipinski definition) is 1. The predicted octanol–water partition coefficient (Wildman–Crippen LogP) is 2.59. The summed E-state index contributed by atoms with van der Waals surface area (Å²) in [6.07, 6.45) is 5.25. The standard InChI is InChI=1S/C17H16ClN5O2S/c18-12-6-5-11-4-3-7-20-15(11)14(12)16-17(26(19,24)25)22-13(10-21-16)23-8-1-2-9-23/h3-7,10H,1-2,8-9H2,(H2,19,24,25). The van der Waals surface area contributed by atoms with Crippen molar-refractivity contribution in [2.45, 2.75) is 17.9 Å². The summed E-state index contributed by atoms with van der Waals surface area (Å²) < 4.78 is 24.5. The highest BCUT2D eigenvalue weighted by molar-refractivity contribution is 7.89. The number of primary sulfonamides is 1. The first-order valence-electron chi connectivity index (χ1n) is 8.13. The molecule has 7 nitrogen and oxygen atoms in total. The zero-order valence-electron chi connectivity index (χ0n) is 13.8. The fraction of sp³-hybridized carbons (Fsp3) is 0.235. The number of sulfonamides is 1. The molecule has 1 fully saturated rings. The molecule has 2 N–H and O–H groups in total. The zero-order chi connectivity index (χ0) is 18.3. The molecule has 3 heterocycles. The lowest BCUT2D eigenvalue weighted by Crippen LogP contribution is -2.22. The Hall–Kier alpha value is -2.29. The first kappa shape index (κ1) is 17.1. The van der Waals surface area contributed by atoms with Gasteiger partial charge in [-0.2, -0.15) is 0 Å². The Morgan fingerprint density at radius 2 is 1.88 bits per heavy atom. The number of nitrogens with two attached hydrogens (primary N) is 1. The SMILES string of the molecule is NS(=O)(=O)c1nc(N2CCCC2)cnc1-c1c(Cl)ccc2cccnc12. The second-order valence-corrected chi connectivity index (χ2v) is 8.00. The molecular weight excluding hydrogens is 374 g/mol. The van der Waals surface area contributed by atoms with Crippen LogP contribution in [0.25, 0.3) is 22.2 Å². The third kappa shape index (κ3) is 3.00. The van der Waals surface area contributed by atoms with E-state index in [-0.39, 0.29) is 10.7 Å². The highest BCUT2D eigenvalue weighted by Gasteiger charge is 2.25. The van der Waals surface area contributed by atoms with E-state index in [1.54, 1.807) is 24.5 Å². The van der Waals surface area contributed by atoms with Gasteiger partial charge in [0.25, 0.3) is 10.0 Å². The third-order valence-corrected chi connectivity index (χ3v) is 5.53. The van der Waals surface area contributed by atoms with Crippen molar-refractivity contribution < 1.29 is 8.42 Å². The summed E-state index contributed by atoms with van der Waals surface area (Å²) in [6, 6.07) is 7.16. The number of hydrogen-bond acceptors (Lipinski definition) is 6. The van der Waals surface area contributed by atoms with Crippen LogP contribution in [0.1, 0.15) is 12.8 Å². The van der Waals surface area contributed by atoms with Crippen LogP contribution in [-0.4, -0.2) is 36.5 Å². The predicted molar refractivity (Wildman–Crippen MR) is 101 cm³/mol. The van der Waals surface area contributed by atoms with Gasteiger partial charge in [-0.1, -0.05) is 23.7 Å². The van der Waals surface area contributed by atoms with Crippen LogP contribution in [0.15, 0.2) is 41.7 Å². The highest BCUT2D eigenvalue weighted by atomic mass is 35.5. The molecule has 2 aromatic heterocycles. The number of pyridine rings is 1. The molecule has 0 saturated carbocycles. The fourth-order valence-corrected chi connectivity index (χ4v) is 4.06. The lowest BCUT2D eigenvalue weighted by atomic mass is 10.1. The van der Waals surface area contributed by atoms with Crippen molar-refractivity contribution in [3.05, 3.63) is 41.7 Å². The summed E-state index contributed by atoms with van der Waals surface area (Å²) in [6.45, 7) is 1.63. The average Bonchev–Trinajstić information content (AvgIpc) is 3.15. The molecular formula is C17H16ClN5O2S. The van der Waals surface area contributed by atoms with Crippen LogP contribution in [0.5, 0.6) is 0 Å². The lowest BCUT2D eigenvalue weighted by Gasteiger charge is -2.18. The molecule has 9 heteroatoms. The summed E-state index contributed by atoms with van der Waals surface area (Å²) in [5.41, 5.74) is 1.08. The van der Waals surface area contributed by atoms with Crippen LogP contribution in [0.4, 0.5) is 5.82 Å². The number of nitrogens with zero attached hydrogens (tertiary/aromatic N) is 4. The number of halogens is 1.